The smallest absolute Gasteiger partial charge is 0.155 e. The van der Waals surface area contributed by atoms with Crippen molar-refractivity contribution in [3.05, 3.63) is 30.2 Å². The Hall–Kier alpha value is -1.46. The van der Waals surface area contributed by atoms with Crippen molar-refractivity contribution in [2.24, 2.45) is 5.73 Å². The van der Waals surface area contributed by atoms with Crippen molar-refractivity contribution in [2.45, 2.75) is 12.5 Å². The van der Waals surface area contributed by atoms with E-state index in [0.717, 1.165) is 5.65 Å². The number of rotatable bonds is 2. The molecule has 0 fully saturated rings. The van der Waals surface area contributed by atoms with Gasteiger partial charge in [0.05, 0.1) is 17.8 Å². The van der Waals surface area contributed by atoms with Crippen LogP contribution in [-0.2, 0) is 5.54 Å². The maximum absolute atomic E-state index is 9.08. The van der Waals surface area contributed by atoms with Gasteiger partial charge in [0.1, 0.15) is 0 Å². The minimum atomic E-state index is -0.812. The van der Waals surface area contributed by atoms with Crippen LogP contribution in [0, 0.1) is 0 Å². The van der Waals surface area contributed by atoms with Crippen LogP contribution in [0.5, 0.6) is 0 Å². The molecule has 0 bridgehead atoms. The number of aliphatic hydroxyl groups excluding tert-OH is 1. The van der Waals surface area contributed by atoms with E-state index >= 15 is 0 Å². The van der Waals surface area contributed by atoms with E-state index in [-0.39, 0.29) is 6.61 Å². The lowest BCUT2D eigenvalue weighted by Crippen LogP contribution is -2.37. The van der Waals surface area contributed by atoms with Crippen LogP contribution in [0.25, 0.3) is 5.65 Å². The number of aromatic nitrogens is 3. The van der Waals surface area contributed by atoms with Crippen molar-refractivity contribution in [3.63, 3.8) is 0 Å². The topological polar surface area (TPSA) is 76.4 Å². The Morgan fingerprint density at radius 2 is 2.43 bits per heavy atom. The van der Waals surface area contributed by atoms with Gasteiger partial charge in [0.25, 0.3) is 0 Å². The number of hydrogen-bond donors (Lipinski definition) is 2. The predicted octanol–water partition coefficient (Wildman–Crippen LogP) is -0.105. The Bertz CT molecular complexity index is 416. The Labute approximate surface area is 81.2 Å². The van der Waals surface area contributed by atoms with Crippen molar-refractivity contribution in [2.75, 3.05) is 6.61 Å². The number of hydrogen-bond acceptors (Lipinski definition) is 4. The van der Waals surface area contributed by atoms with E-state index in [1.165, 1.54) is 0 Å². The maximum Gasteiger partial charge on any atom is 0.155 e. The van der Waals surface area contributed by atoms with Crippen LogP contribution >= 0.6 is 0 Å². The second-order valence-corrected chi connectivity index (χ2v) is 3.53. The van der Waals surface area contributed by atoms with Crippen LogP contribution < -0.4 is 5.73 Å². The largest absolute Gasteiger partial charge is 0.394 e. The standard InChI is InChI=1S/C9H12N4O/c1-9(10,6-14)7-5-8-11-3-2-4-13(8)12-7/h2-5,14H,6,10H2,1H3. The van der Waals surface area contributed by atoms with Crippen molar-refractivity contribution < 1.29 is 5.11 Å². The molecule has 0 aliphatic heterocycles. The molecule has 1 atom stereocenters. The maximum atomic E-state index is 9.08. The number of nitrogens with two attached hydrogens (primary N) is 1. The summed E-state index contributed by atoms with van der Waals surface area (Å²) in [5.74, 6) is 0. The molecule has 0 aliphatic rings. The first kappa shape index (κ1) is 9.11. The van der Waals surface area contributed by atoms with Crippen LogP contribution in [-0.4, -0.2) is 26.3 Å². The van der Waals surface area contributed by atoms with Gasteiger partial charge >= 0.3 is 0 Å². The molecule has 2 rings (SSSR count). The molecule has 2 aromatic heterocycles. The number of nitrogens with zero attached hydrogens (tertiary/aromatic N) is 3. The zero-order chi connectivity index (χ0) is 10.2. The highest BCUT2D eigenvalue weighted by Gasteiger charge is 2.23. The molecule has 0 spiro atoms. The molecule has 74 valence electrons. The van der Waals surface area contributed by atoms with Gasteiger partial charge in [-0.05, 0) is 13.0 Å². The van der Waals surface area contributed by atoms with Crippen molar-refractivity contribution in [3.8, 4) is 0 Å². The number of aliphatic hydroxyl groups is 1. The summed E-state index contributed by atoms with van der Waals surface area (Å²) in [6.45, 7) is 1.59. The van der Waals surface area contributed by atoms with E-state index in [1.54, 1.807) is 36.0 Å². The summed E-state index contributed by atoms with van der Waals surface area (Å²) in [4.78, 5) is 4.11. The molecule has 0 amide bonds. The minimum absolute atomic E-state index is 0.142. The zero-order valence-electron chi connectivity index (χ0n) is 7.88. The molecule has 5 nitrogen and oxygen atoms in total. The Balaban J connectivity index is 2.55. The first-order chi connectivity index (χ1) is 6.63. The van der Waals surface area contributed by atoms with Crippen LogP contribution in [0.4, 0.5) is 0 Å². The molecule has 0 aliphatic carbocycles. The lowest BCUT2D eigenvalue weighted by atomic mass is 10.0. The summed E-state index contributed by atoms with van der Waals surface area (Å²) in [5.41, 5.74) is 6.40. The van der Waals surface area contributed by atoms with Crippen LogP contribution in [0.2, 0.25) is 0 Å². The first-order valence-corrected chi connectivity index (χ1v) is 4.34. The summed E-state index contributed by atoms with van der Waals surface area (Å²) in [6, 6.07) is 3.56. The summed E-state index contributed by atoms with van der Waals surface area (Å²) in [7, 11) is 0. The van der Waals surface area contributed by atoms with Gasteiger partial charge in [-0.15, -0.1) is 0 Å². The molecule has 0 radical (unpaired) electrons. The predicted molar refractivity (Wildman–Crippen MR) is 51.6 cm³/mol. The highest BCUT2D eigenvalue weighted by molar-refractivity contribution is 5.40. The van der Waals surface area contributed by atoms with E-state index in [2.05, 4.69) is 10.1 Å². The summed E-state index contributed by atoms with van der Waals surface area (Å²) >= 11 is 0. The molecule has 5 heteroatoms. The van der Waals surface area contributed by atoms with Gasteiger partial charge in [-0.25, -0.2) is 9.50 Å². The Kier molecular flexibility index (Phi) is 1.98. The normalized spacial score (nSPS) is 15.6. The molecule has 1 unspecified atom stereocenters. The highest BCUT2D eigenvalue weighted by Crippen LogP contribution is 2.16. The molecule has 3 N–H and O–H groups in total. The van der Waals surface area contributed by atoms with Gasteiger partial charge in [0.15, 0.2) is 5.65 Å². The SMILES string of the molecule is CC(N)(CO)c1cc2ncccn2n1. The number of fused-ring (bicyclic) bond motifs is 1. The fraction of sp³-hybridized carbons (Fsp3) is 0.333. The van der Waals surface area contributed by atoms with Crippen LogP contribution in [0.1, 0.15) is 12.6 Å². The third kappa shape index (κ3) is 1.36. The minimum Gasteiger partial charge on any atom is -0.394 e. The van der Waals surface area contributed by atoms with Gasteiger partial charge < -0.3 is 10.8 Å². The third-order valence-electron chi connectivity index (χ3n) is 2.15. The van der Waals surface area contributed by atoms with Crippen LogP contribution in [0.15, 0.2) is 24.5 Å². The van der Waals surface area contributed by atoms with E-state index in [0.29, 0.717) is 5.69 Å². The van der Waals surface area contributed by atoms with E-state index in [4.69, 9.17) is 10.8 Å². The first-order valence-electron chi connectivity index (χ1n) is 4.34. The quantitative estimate of drug-likeness (QED) is 0.696. The molecular formula is C9H12N4O. The van der Waals surface area contributed by atoms with Gasteiger partial charge in [-0.2, -0.15) is 5.10 Å². The fourth-order valence-electron chi connectivity index (χ4n) is 1.19. The van der Waals surface area contributed by atoms with Crippen molar-refractivity contribution >= 4 is 5.65 Å². The Morgan fingerprint density at radius 1 is 1.64 bits per heavy atom. The van der Waals surface area contributed by atoms with Gasteiger partial charge in [-0.3, -0.25) is 0 Å². The third-order valence-corrected chi connectivity index (χ3v) is 2.15. The van der Waals surface area contributed by atoms with Gasteiger partial charge in [0.2, 0.25) is 0 Å². The van der Waals surface area contributed by atoms with E-state index in [1.807, 2.05) is 0 Å². The second-order valence-electron chi connectivity index (χ2n) is 3.53. The lowest BCUT2D eigenvalue weighted by molar-refractivity contribution is 0.206. The molecular weight excluding hydrogens is 180 g/mol. The van der Waals surface area contributed by atoms with E-state index in [9.17, 15) is 0 Å². The summed E-state index contributed by atoms with van der Waals surface area (Å²) in [5, 5.41) is 13.3. The molecule has 14 heavy (non-hydrogen) atoms. The Morgan fingerprint density at radius 3 is 3.07 bits per heavy atom. The summed E-state index contributed by atoms with van der Waals surface area (Å²) < 4.78 is 1.64. The molecule has 2 aromatic rings. The van der Waals surface area contributed by atoms with E-state index < -0.39 is 5.54 Å². The monoisotopic (exact) mass is 192 g/mol. The second kappa shape index (κ2) is 3.04. The van der Waals surface area contributed by atoms with Gasteiger partial charge in [0, 0.05) is 18.5 Å². The highest BCUT2D eigenvalue weighted by atomic mass is 16.3. The summed E-state index contributed by atoms with van der Waals surface area (Å²) in [6.07, 6.45) is 3.48. The van der Waals surface area contributed by atoms with Gasteiger partial charge in [-0.1, -0.05) is 0 Å². The van der Waals surface area contributed by atoms with Crippen molar-refractivity contribution in [1.29, 1.82) is 0 Å². The molecule has 0 saturated carbocycles. The lowest BCUT2D eigenvalue weighted by Gasteiger charge is -2.17. The average Bonchev–Trinajstić information content (AvgIpc) is 2.61. The zero-order valence-corrected chi connectivity index (χ0v) is 7.88. The van der Waals surface area contributed by atoms with Crippen LogP contribution in [0.3, 0.4) is 0 Å². The van der Waals surface area contributed by atoms with Crippen molar-refractivity contribution in [1.82, 2.24) is 14.6 Å². The average molecular weight is 192 g/mol. The fourth-order valence-corrected chi connectivity index (χ4v) is 1.19. The molecule has 0 saturated heterocycles. The molecule has 0 aromatic carbocycles. The molecule has 2 heterocycles.